The monoisotopic (exact) mass is 306 g/mol. The second-order valence-electron chi connectivity index (χ2n) is 4.06. The Kier molecular flexibility index (Phi) is 4.06. The summed E-state index contributed by atoms with van der Waals surface area (Å²) in [6.07, 6.45) is 0. The van der Waals surface area contributed by atoms with E-state index in [2.05, 4.69) is 25.6 Å². The van der Waals surface area contributed by atoms with Crippen LogP contribution in [0.25, 0.3) is 11.6 Å². The van der Waals surface area contributed by atoms with Gasteiger partial charge >= 0.3 is 5.88 Å². The summed E-state index contributed by atoms with van der Waals surface area (Å²) in [5.74, 6) is -1.69. The van der Waals surface area contributed by atoms with Gasteiger partial charge in [0.05, 0.1) is 6.07 Å². The first-order chi connectivity index (χ1) is 10.3. The number of rotatable bonds is 4. The maximum Gasteiger partial charge on any atom is 0.433 e. The van der Waals surface area contributed by atoms with Gasteiger partial charge in [0.1, 0.15) is 4.92 Å². The third-order valence-electron chi connectivity index (χ3n) is 2.20. The molecule has 0 atom stereocenters. The smallest absolute Gasteiger partial charge is 0.397 e. The van der Waals surface area contributed by atoms with Crippen LogP contribution in [-0.2, 0) is 9.59 Å². The van der Waals surface area contributed by atoms with Crippen LogP contribution in [-0.4, -0.2) is 31.7 Å². The molecule has 0 aliphatic carbocycles. The molecule has 0 radical (unpaired) electrons. The summed E-state index contributed by atoms with van der Waals surface area (Å²) in [6.45, 7) is 2.50. The Labute approximate surface area is 122 Å². The average molecular weight is 306 g/mol. The van der Waals surface area contributed by atoms with Gasteiger partial charge in [0.2, 0.25) is 29.5 Å². The zero-order valence-corrected chi connectivity index (χ0v) is 11.5. The quantitative estimate of drug-likeness (QED) is 0.625. The highest BCUT2D eigenvalue weighted by atomic mass is 16.6. The number of carbonyl (C=O) groups excluding carboxylic acids is 2. The minimum absolute atomic E-state index is 0.00713. The largest absolute Gasteiger partial charge is 0.433 e. The Morgan fingerprint density at radius 2 is 1.64 bits per heavy atom. The van der Waals surface area contributed by atoms with Crippen molar-refractivity contribution in [1.29, 1.82) is 0 Å². The van der Waals surface area contributed by atoms with Crippen molar-refractivity contribution in [3.63, 3.8) is 0 Å². The molecule has 0 unspecified atom stereocenters. The molecule has 11 heteroatoms. The standard InChI is InChI=1S/C11H10N6O5/c1-5(18)12-10-14-9(15-11(16-10)13-6(2)19)7-3-4-8(22-7)17(20)21/h3-4H,1-2H3,(H2,12,13,14,15,16,18,19). The molecule has 0 aromatic carbocycles. The molecular formula is C11H10N6O5. The molecule has 0 bridgehead atoms. The van der Waals surface area contributed by atoms with Crippen molar-refractivity contribution in [2.24, 2.45) is 0 Å². The van der Waals surface area contributed by atoms with Crippen molar-refractivity contribution < 1.29 is 18.9 Å². The highest BCUT2D eigenvalue weighted by Crippen LogP contribution is 2.24. The number of aromatic nitrogens is 3. The zero-order valence-electron chi connectivity index (χ0n) is 11.5. The van der Waals surface area contributed by atoms with Crippen molar-refractivity contribution in [3.05, 3.63) is 22.2 Å². The number of nitrogens with one attached hydrogen (secondary N) is 2. The van der Waals surface area contributed by atoms with Crippen LogP contribution in [0, 0.1) is 10.1 Å². The van der Waals surface area contributed by atoms with Crippen LogP contribution in [0.2, 0.25) is 0 Å². The van der Waals surface area contributed by atoms with Crippen molar-refractivity contribution >= 4 is 29.6 Å². The molecule has 2 rings (SSSR count). The lowest BCUT2D eigenvalue weighted by Gasteiger charge is -2.05. The minimum Gasteiger partial charge on any atom is -0.397 e. The van der Waals surface area contributed by atoms with Gasteiger partial charge in [-0.05, 0) is 6.07 Å². The molecule has 2 amide bonds. The summed E-state index contributed by atoms with van der Waals surface area (Å²) in [6, 6.07) is 2.43. The summed E-state index contributed by atoms with van der Waals surface area (Å²) >= 11 is 0. The van der Waals surface area contributed by atoms with Crippen molar-refractivity contribution in [1.82, 2.24) is 15.0 Å². The molecule has 0 fully saturated rings. The van der Waals surface area contributed by atoms with E-state index in [4.69, 9.17) is 4.42 Å². The molecule has 22 heavy (non-hydrogen) atoms. The van der Waals surface area contributed by atoms with Crippen LogP contribution < -0.4 is 10.6 Å². The summed E-state index contributed by atoms with van der Waals surface area (Å²) in [7, 11) is 0. The molecule has 0 aliphatic rings. The van der Waals surface area contributed by atoms with Gasteiger partial charge < -0.3 is 4.42 Å². The fourth-order valence-corrected chi connectivity index (χ4v) is 1.46. The second-order valence-corrected chi connectivity index (χ2v) is 4.06. The second kappa shape index (κ2) is 5.95. The first-order valence-corrected chi connectivity index (χ1v) is 5.91. The first-order valence-electron chi connectivity index (χ1n) is 5.91. The van der Waals surface area contributed by atoms with Crippen LogP contribution in [0.4, 0.5) is 17.8 Å². The molecule has 11 nitrogen and oxygen atoms in total. The number of anilines is 2. The van der Waals surface area contributed by atoms with Gasteiger partial charge in [0, 0.05) is 13.8 Å². The Morgan fingerprint density at radius 3 is 2.05 bits per heavy atom. The Balaban J connectivity index is 2.45. The number of nitro groups is 1. The molecule has 2 aromatic rings. The van der Waals surface area contributed by atoms with Gasteiger partial charge in [-0.15, -0.1) is 0 Å². The van der Waals surface area contributed by atoms with E-state index < -0.39 is 22.6 Å². The molecule has 2 aromatic heterocycles. The van der Waals surface area contributed by atoms with Gasteiger partial charge in [-0.2, -0.15) is 15.0 Å². The summed E-state index contributed by atoms with van der Waals surface area (Å²) < 4.78 is 4.97. The van der Waals surface area contributed by atoms with Crippen molar-refractivity contribution in [2.45, 2.75) is 13.8 Å². The van der Waals surface area contributed by atoms with Crippen LogP contribution >= 0.6 is 0 Å². The Bertz CT molecular complexity index is 721. The topological polar surface area (TPSA) is 153 Å². The lowest BCUT2D eigenvalue weighted by atomic mass is 10.4. The third kappa shape index (κ3) is 3.59. The lowest BCUT2D eigenvalue weighted by Crippen LogP contribution is -2.15. The molecule has 0 saturated heterocycles. The Hall–Kier alpha value is -3.37. The van der Waals surface area contributed by atoms with Crippen molar-refractivity contribution in [3.8, 4) is 11.6 Å². The fraction of sp³-hybridized carbons (Fsp3) is 0.182. The summed E-state index contributed by atoms with van der Waals surface area (Å²) in [5.41, 5.74) is 0. The molecule has 2 N–H and O–H groups in total. The van der Waals surface area contributed by atoms with Crippen LogP contribution in [0.5, 0.6) is 0 Å². The Morgan fingerprint density at radius 1 is 1.09 bits per heavy atom. The van der Waals surface area contributed by atoms with E-state index in [0.717, 1.165) is 6.07 Å². The molecule has 0 spiro atoms. The van der Waals surface area contributed by atoms with E-state index in [1.807, 2.05) is 0 Å². The van der Waals surface area contributed by atoms with Gasteiger partial charge in [0.25, 0.3) is 0 Å². The predicted molar refractivity (Wildman–Crippen MR) is 72.8 cm³/mol. The third-order valence-corrected chi connectivity index (χ3v) is 2.20. The number of carbonyl (C=O) groups is 2. The van der Waals surface area contributed by atoms with E-state index in [-0.39, 0.29) is 23.5 Å². The number of hydrogen-bond donors (Lipinski definition) is 2. The number of hydrogen-bond acceptors (Lipinski definition) is 8. The van der Waals surface area contributed by atoms with Crippen molar-refractivity contribution in [2.75, 3.05) is 10.6 Å². The average Bonchev–Trinajstić information content (AvgIpc) is 2.86. The molecule has 114 valence electrons. The van der Waals surface area contributed by atoms with Crippen LogP contribution in [0.3, 0.4) is 0 Å². The molecule has 0 saturated carbocycles. The summed E-state index contributed by atoms with van der Waals surface area (Å²) in [4.78, 5) is 43.7. The fourth-order valence-electron chi connectivity index (χ4n) is 1.46. The minimum atomic E-state index is -0.714. The lowest BCUT2D eigenvalue weighted by molar-refractivity contribution is -0.401. The number of furan rings is 1. The van der Waals surface area contributed by atoms with E-state index in [0.29, 0.717) is 0 Å². The SMILES string of the molecule is CC(=O)Nc1nc(NC(C)=O)nc(-c2ccc([N+](=O)[O-])o2)n1. The molecular weight excluding hydrogens is 296 g/mol. The maximum absolute atomic E-state index is 11.1. The van der Waals surface area contributed by atoms with Crippen LogP contribution in [0.1, 0.15) is 13.8 Å². The van der Waals surface area contributed by atoms with E-state index in [1.54, 1.807) is 0 Å². The number of nitrogens with zero attached hydrogens (tertiary/aromatic N) is 4. The zero-order chi connectivity index (χ0) is 16.3. The normalized spacial score (nSPS) is 10.1. The van der Waals surface area contributed by atoms with E-state index >= 15 is 0 Å². The van der Waals surface area contributed by atoms with Gasteiger partial charge in [-0.1, -0.05) is 0 Å². The first kappa shape index (κ1) is 15.0. The molecule has 0 aliphatic heterocycles. The van der Waals surface area contributed by atoms with Crippen LogP contribution in [0.15, 0.2) is 16.5 Å². The highest BCUT2D eigenvalue weighted by Gasteiger charge is 2.17. The highest BCUT2D eigenvalue weighted by molar-refractivity contribution is 5.88. The van der Waals surface area contributed by atoms with E-state index in [1.165, 1.54) is 19.9 Å². The summed E-state index contributed by atoms with van der Waals surface area (Å²) in [5, 5.41) is 15.3. The number of amides is 2. The van der Waals surface area contributed by atoms with Gasteiger partial charge in [-0.25, -0.2) is 0 Å². The van der Waals surface area contributed by atoms with E-state index in [9.17, 15) is 19.7 Å². The maximum atomic E-state index is 11.1. The van der Waals surface area contributed by atoms with Gasteiger partial charge in [-0.3, -0.25) is 30.3 Å². The predicted octanol–water partition coefficient (Wildman–Crippen LogP) is 0.957. The molecule has 2 heterocycles. The van der Waals surface area contributed by atoms with Gasteiger partial charge in [0.15, 0.2) is 5.76 Å².